The number of rotatable bonds is 9. The predicted molar refractivity (Wildman–Crippen MR) is 129 cm³/mol. The lowest BCUT2D eigenvalue weighted by Gasteiger charge is -2.12. The van der Waals surface area contributed by atoms with Gasteiger partial charge in [-0.2, -0.15) is 0 Å². The molecule has 34 heavy (non-hydrogen) atoms. The van der Waals surface area contributed by atoms with Gasteiger partial charge in [0.2, 0.25) is 0 Å². The Hall–Kier alpha value is -3.84. The Bertz CT molecular complexity index is 1330. The van der Waals surface area contributed by atoms with E-state index in [1.807, 2.05) is 43.3 Å². The predicted octanol–water partition coefficient (Wildman–Crippen LogP) is 5.14. The molecule has 6 nitrogen and oxygen atoms in total. The Morgan fingerprint density at radius 1 is 1.00 bits per heavy atom. The number of nitrogens with zero attached hydrogens (tertiary/aromatic N) is 1. The van der Waals surface area contributed by atoms with Gasteiger partial charge in [-0.15, -0.1) is 0 Å². The third kappa shape index (κ3) is 4.75. The molecular weight excluding hydrogens is 435 g/mol. The van der Waals surface area contributed by atoms with Crippen molar-refractivity contribution in [3.05, 3.63) is 94.4 Å². The van der Waals surface area contributed by atoms with Gasteiger partial charge in [-0.3, -0.25) is 0 Å². The van der Waals surface area contributed by atoms with Crippen LogP contribution in [-0.4, -0.2) is 29.9 Å². The van der Waals surface area contributed by atoms with Gasteiger partial charge in [-0.1, -0.05) is 30.3 Å². The van der Waals surface area contributed by atoms with E-state index in [9.17, 15) is 14.3 Å². The third-order valence-corrected chi connectivity index (χ3v) is 5.89. The lowest BCUT2D eigenvalue weighted by atomic mass is 10.1. The number of aryl methyl sites for hydroxylation is 1. The second kappa shape index (κ2) is 9.97. The van der Waals surface area contributed by atoms with E-state index in [1.54, 1.807) is 30.9 Å². The Balaban J connectivity index is 1.69. The monoisotopic (exact) mass is 462 g/mol. The number of nitrogens with one attached hydrogen (secondary N) is 1. The lowest BCUT2D eigenvalue weighted by Crippen LogP contribution is -2.17. The van der Waals surface area contributed by atoms with E-state index in [1.165, 1.54) is 12.1 Å². The summed E-state index contributed by atoms with van der Waals surface area (Å²) in [6.07, 6.45) is 0. The topological polar surface area (TPSA) is 72.7 Å². The highest BCUT2D eigenvalue weighted by Gasteiger charge is 2.22. The van der Waals surface area contributed by atoms with Crippen molar-refractivity contribution in [2.24, 2.45) is 0 Å². The first-order valence-electron chi connectivity index (χ1n) is 10.9. The molecule has 1 heterocycles. The molecule has 0 spiro atoms. The average molecular weight is 463 g/mol. The van der Waals surface area contributed by atoms with Gasteiger partial charge >= 0.3 is 5.97 Å². The molecule has 0 unspecified atom stereocenters. The number of carbonyl (C=O) groups is 1. The number of aromatic carboxylic acids is 1. The summed E-state index contributed by atoms with van der Waals surface area (Å²) in [7, 11) is 3.20. The van der Waals surface area contributed by atoms with Gasteiger partial charge < -0.3 is 24.5 Å². The number of ether oxygens (including phenoxy) is 2. The first-order valence-corrected chi connectivity index (χ1v) is 10.9. The summed E-state index contributed by atoms with van der Waals surface area (Å²) in [5.41, 5.74) is 4.55. The zero-order valence-corrected chi connectivity index (χ0v) is 19.4. The maximum Gasteiger partial charge on any atom is 0.352 e. The number of benzene rings is 3. The van der Waals surface area contributed by atoms with Crippen LogP contribution in [0, 0.1) is 12.7 Å². The van der Waals surface area contributed by atoms with E-state index in [0.29, 0.717) is 36.7 Å². The Labute approximate surface area is 197 Å². The summed E-state index contributed by atoms with van der Waals surface area (Å²) in [4.78, 5) is 12.4. The van der Waals surface area contributed by atoms with Crippen LogP contribution in [-0.2, 0) is 19.6 Å². The maximum atomic E-state index is 13.4. The first-order chi connectivity index (χ1) is 16.4. The quantitative estimate of drug-likeness (QED) is 0.360. The largest absolute Gasteiger partial charge is 0.497 e. The van der Waals surface area contributed by atoms with E-state index in [-0.39, 0.29) is 11.5 Å². The molecule has 0 aliphatic heterocycles. The van der Waals surface area contributed by atoms with Crippen LogP contribution in [0.2, 0.25) is 0 Å². The van der Waals surface area contributed by atoms with Gasteiger partial charge in [0, 0.05) is 47.7 Å². The molecule has 3 aromatic carbocycles. The zero-order valence-electron chi connectivity index (χ0n) is 19.4. The van der Waals surface area contributed by atoms with Crippen molar-refractivity contribution >= 4 is 16.9 Å². The van der Waals surface area contributed by atoms with E-state index in [4.69, 9.17) is 9.47 Å². The minimum atomic E-state index is -1.00. The highest BCUT2D eigenvalue weighted by atomic mass is 19.1. The molecule has 7 heteroatoms. The molecule has 0 amide bonds. The van der Waals surface area contributed by atoms with Crippen molar-refractivity contribution in [1.82, 2.24) is 9.88 Å². The minimum Gasteiger partial charge on any atom is -0.497 e. The fourth-order valence-corrected chi connectivity index (χ4v) is 4.21. The summed E-state index contributed by atoms with van der Waals surface area (Å²) >= 11 is 0. The molecule has 176 valence electrons. The van der Waals surface area contributed by atoms with E-state index < -0.39 is 5.97 Å². The molecule has 0 saturated heterocycles. The van der Waals surface area contributed by atoms with Gasteiger partial charge in [0.05, 0.1) is 14.2 Å². The first kappa shape index (κ1) is 23.3. The zero-order chi connectivity index (χ0) is 24.2. The van der Waals surface area contributed by atoms with Gasteiger partial charge in [0.15, 0.2) is 0 Å². The number of methoxy groups -OCH3 is 2. The lowest BCUT2D eigenvalue weighted by molar-refractivity contribution is 0.0684. The van der Waals surface area contributed by atoms with Gasteiger partial charge in [0.25, 0.3) is 0 Å². The van der Waals surface area contributed by atoms with Crippen molar-refractivity contribution < 1.29 is 23.8 Å². The number of hydrogen-bond acceptors (Lipinski definition) is 4. The molecule has 0 bridgehead atoms. The fraction of sp³-hybridized carbons (Fsp3) is 0.222. The number of hydrogen-bond donors (Lipinski definition) is 2. The molecule has 0 radical (unpaired) electrons. The molecule has 0 aliphatic rings. The average Bonchev–Trinajstić information content (AvgIpc) is 3.13. The molecule has 4 rings (SSSR count). The van der Waals surface area contributed by atoms with Crippen molar-refractivity contribution in [3.63, 3.8) is 0 Å². The number of carboxylic acids is 1. The SMILES string of the molecule is COc1ccc(CNCc2c(C(=O)O)n(Cc3ccc(F)cc3)c3cc(C)ccc23)c(OC)c1. The van der Waals surface area contributed by atoms with Crippen molar-refractivity contribution in [2.45, 2.75) is 26.6 Å². The number of carboxylic acid groups (broad SMARTS) is 1. The van der Waals surface area contributed by atoms with E-state index in [2.05, 4.69) is 5.32 Å². The maximum absolute atomic E-state index is 13.4. The molecule has 0 aliphatic carbocycles. The second-order valence-electron chi connectivity index (χ2n) is 8.15. The van der Waals surface area contributed by atoms with Crippen LogP contribution in [0.3, 0.4) is 0 Å². The standard InChI is InChI=1S/C27H27FN2O4/c1-17-4-11-22-23(15-29-14-19-7-10-21(33-2)13-25(19)34-3)26(27(31)32)30(24(22)12-17)16-18-5-8-20(28)9-6-18/h4-13,29H,14-16H2,1-3H3,(H,31,32). The summed E-state index contributed by atoms with van der Waals surface area (Å²) in [6.45, 7) is 3.15. The highest BCUT2D eigenvalue weighted by Crippen LogP contribution is 2.29. The summed E-state index contributed by atoms with van der Waals surface area (Å²) in [6, 6.07) is 17.7. The van der Waals surface area contributed by atoms with Crippen LogP contribution >= 0.6 is 0 Å². The molecule has 4 aromatic rings. The Morgan fingerprint density at radius 3 is 2.44 bits per heavy atom. The second-order valence-corrected chi connectivity index (χ2v) is 8.15. The normalized spacial score (nSPS) is 11.1. The van der Waals surface area contributed by atoms with Crippen LogP contribution < -0.4 is 14.8 Å². The van der Waals surface area contributed by atoms with E-state index >= 15 is 0 Å². The van der Waals surface area contributed by atoms with Crippen LogP contribution in [0.15, 0.2) is 60.7 Å². The molecule has 2 N–H and O–H groups in total. The third-order valence-electron chi connectivity index (χ3n) is 5.89. The molecule has 0 atom stereocenters. The van der Waals surface area contributed by atoms with Gasteiger partial charge in [-0.05, 0) is 42.3 Å². The summed E-state index contributed by atoms with van der Waals surface area (Å²) < 4.78 is 25.9. The van der Waals surface area contributed by atoms with Crippen LogP contribution in [0.1, 0.15) is 32.7 Å². The molecule has 0 saturated carbocycles. The number of fused-ring (bicyclic) bond motifs is 1. The Kier molecular flexibility index (Phi) is 6.84. The highest BCUT2D eigenvalue weighted by molar-refractivity contribution is 5.98. The van der Waals surface area contributed by atoms with Crippen LogP contribution in [0.4, 0.5) is 4.39 Å². The fourth-order valence-electron chi connectivity index (χ4n) is 4.21. The Morgan fingerprint density at radius 2 is 1.76 bits per heavy atom. The van der Waals surface area contributed by atoms with Crippen LogP contribution in [0.25, 0.3) is 10.9 Å². The van der Waals surface area contributed by atoms with Gasteiger partial charge in [0.1, 0.15) is 23.0 Å². The van der Waals surface area contributed by atoms with Crippen molar-refractivity contribution in [1.29, 1.82) is 0 Å². The summed E-state index contributed by atoms with van der Waals surface area (Å²) in [5, 5.41) is 14.4. The van der Waals surface area contributed by atoms with E-state index in [0.717, 1.165) is 27.6 Å². The molecule has 1 aromatic heterocycles. The smallest absolute Gasteiger partial charge is 0.352 e. The number of halogens is 1. The number of aromatic nitrogens is 1. The van der Waals surface area contributed by atoms with Gasteiger partial charge in [-0.25, -0.2) is 9.18 Å². The summed E-state index contributed by atoms with van der Waals surface area (Å²) in [5.74, 6) is 0.0664. The van der Waals surface area contributed by atoms with Crippen molar-refractivity contribution in [2.75, 3.05) is 14.2 Å². The van der Waals surface area contributed by atoms with Crippen LogP contribution in [0.5, 0.6) is 11.5 Å². The van der Waals surface area contributed by atoms with Crippen molar-refractivity contribution in [3.8, 4) is 11.5 Å². The molecule has 0 fully saturated rings. The molecular formula is C27H27FN2O4. The minimum absolute atomic E-state index is 0.221.